The van der Waals surface area contributed by atoms with E-state index in [1.807, 2.05) is 33.7 Å². The largest absolute Gasteiger partial charge is 0.469 e. The minimum atomic E-state index is -0.512. The standard InChI is InChI=1S/C15H18N4O3/c1-22-14(20)8-13-15(21)16-6-7-18(13)10-19-9-17-11-4-2-3-5-12(11)19/h2-5,9,13H,6-8,10H2,1H3,(H,16,21). The zero-order valence-electron chi connectivity index (χ0n) is 12.4. The number of methoxy groups -OCH3 is 1. The van der Waals surface area contributed by atoms with Gasteiger partial charge in [-0.15, -0.1) is 0 Å². The van der Waals surface area contributed by atoms with E-state index in [-0.39, 0.29) is 18.3 Å². The lowest BCUT2D eigenvalue weighted by atomic mass is 10.1. The summed E-state index contributed by atoms with van der Waals surface area (Å²) in [5.41, 5.74) is 1.92. The van der Waals surface area contributed by atoms with Crippen LogP contribution in [0.2, 0.25) is 0 Å². The van der Waals surface area contributed by atoms with Crippen molar-refractivity contribution >= 4 is 22.9 Å². The Labute approximate surface area is 127 Å². The highest BCUT2D eigenvalue weighted by atomic mass is 16.5. The molecule has 1 fully saturated rings. The van der Waals surface area contributed by atoms with Crippen LogP contribution in [0.25, 0.3) is 11.0 Å². The molecule has 7 nitrogen and oxygen atoms in total. The number of hydrogen-bond donors (Lipinski definition) is 1. The lowest BCUT2D eigenvalue weighted by molar-refractivity contribution is -0.146. The van der Waals surface area contributed by atoms with Crippen LogP contribution >= 0.6 is 0 Å². The number of carbonyl (C=O) groups excluding carboxylic acids is 2. The molecule has 3 rings (SSSR count). The number of benzene rings is 1. The van der Waals surface area contributed by atoms with Crippen molar-refractivity contribution in [3.63, 3.8) is 0 Å². The summed E-state index contributed by atoms with van der Waals surface area (Å²) in [5.74, 6) is -0.524. The van der Waals surface area contributed by atoms with Gasteiger partial charge in [0.15, 0.2) is 0 Å². The van der Waals surface area contributed by atoms with Gasteiger partial charge in [0.05, 0.1) is 37.6 Å². The van der Waals surface area contributed by atoms with Crippen molar-refractivity contribution in [1.82, 2.24) is 19.8 Å². The van der Waals surface area contributed by atoms with Gasteiger partial charge < -0.3 is 14.6 Å². The first-order chi connectivity index (χ1) is 10.7. The first-order valence-corrected chi connectivity index (χ1v) is 7.17. The second-order valence-corrected chi connectivity index (χ2v) is 5.24. The molecule has 2 heterocycles. The van der Waals surface area contributed by atoms with Crippen LogP contribution in [0.1, 0.15) is 6.42 Å². The topological polar surface area (TPSA) is 76.5 Å². The SMILES string of the molecule is COC(=O)CC1C(=O)NCCN1Cn1cnc2ccccc21. The van der Waals surface area contributed by atoms with Gasteiger partial charge in [0.1, 0.15) is 6.04 Å². The summed E-state index contributed by atoms with van der Waals surface area (Å²) in [6.07, 6.45) is 1.81. The Morgan fingerprint density at radius 3 is 3.09 bits per heavy atom. The van der Waals surface area contributed by atoms with E-state index in [1.54, 1.807) is 6.33 Å². The van der Waals surface area contributed by atoms with Crippen LogP contribution in [0, 0.1) is 0 Å². The molecule has 1 amide bonds. The van der Waals surface area contributed by atoms with Crippen molar-refractivity contribution in [3.8, 4) is 0 Å². The monoisotopic (exact) mass is 302 g/mol. The molecule has 0 spiro atoms. The smallest absolute Gasteiger partial charge is 0.307 e. The minimum absolute atomic E-state index is 0.0506. The van der Waals surface area contributed by atoms with Crippen molar-refractivity contribution in [3.05, 3.63) is 30.6 Å². The number of fused-ring (bicyclic) bond motifs is 1. The predicted molar refractivity (Wildman–Crippen MR) is 79.9 cm³/mol. The van der Waals surface area contributed by atoms with Crippen molar-refractivity contribution in [2.45, 2.75) is 19.1 Å². The van der Waals surface area contributed by atoms with E-state index < -0.39 is 6.04 Å². The van der Waals surface area contributed by atoms with Crippen molar-refractivity contribution < 1.29 is 14.3 Å². The van der Waals surface area contributed by atoms with Crippen molar-refractivity contribution in [2.75, 3.05) is 20.2 Å². The van der Waals surface area contributed by atoms with Crippen molar-refractivity contribution in [2.24, 2.45) is 0 Å². The third-order valence-electron chi connectivity index (χ3n) is 3.89. The number of amides is 1. The number of imidazole rings is 1. The number of aromatic nitrogens is 2. The summed E-state index contributed by atoms with van der Waals surface area (Å²) in [4.78, 5) is 29.9. The number of rotatable bonds is 4. The molecule has 1 aliphatic rings. The summed E-state index contributed by atoms with van der Waals surface area (Å²) in [5, 5.41) is 2.80. The molecular formula is C15H18N4O3. The Balaban J connectivity index is 1.82. The fourth-order valence-corrected chi connectivity index (χ4v) is 2.71. The Morgan fingerprint density at radius 1 is 1.45 bits per heavy atom. The number of piperazine rings is 1. The highest BCUT2D eigenvalue weighted by molar-refractivity contribution is 5.87. The lowest BCUT2D eigenvalue weighted by Crippen LogP contribution is -2.56. The van der Waals surface area contributed by atoms with Crippen LogP contribution in [0.15, 0.2) is 30.6 Å². The zero-order chi connectivity index (χ0) is 15.5. The second-order valence-electron chi connectivity index (χ2n) is 5.24. The molecule has 0 bridgehead atoms. The number of esters is 1. The third kappa shape index (κ3) is 2.80. The van der Waals surface area contributed by atoms with E-state index in [4.69, 9.17) is 4.74 Å². The van der Waals surface area contributed by atoms with E-state index >= 15 is 0 Å². The van der Waals surface area contributed by atoms with Gasteiger partial charge >= 0.3 is 5.97 Å². The molecule has 22 heavy (non-hydrogen) atoms. The van der Waals surface area contributed by atoms with Gasteiger partial charge in [-0.2, -0.15) is 0 Å². The van der Waals surface area contributed by atoms with Gasteiger partial charge in [0.25, 0.3) is 0 Å². The van der Waals surface area contributed by atoms with Gasteiger partial charge in [-0.25, -0.2) is 4.98 Å². The lowest BCUT2D eigenvalue weighted by Gasteiger charge is -2.34. The minimum Gasteiger partial charge on any atom is -0.469 e. The maximum Gasteiger partial charge on any atom is 0.307 e. The fourth-order valence-electron chi connectivity index (χ4n) is 2.71. The van der Waals surface area contributed by atoms with Crippen LogP contribution in [-0.4, -0.2) is 52.6 Å². The van der Waals surface area contributed by atoms with E-state index in [0.29, 0.717) is 19.8 Å². The maximum atomic E-state index is 12.1. The molecule has 0 radical (unpaired) electrons. The molecule has 7 heteroatoms. The molecule has 1 unspecified atom stereocenters. The Morgan fingerprint density at radius 2 is 2.27 bits per heavy atom. The van der Waals surface area contributed by atoms with E-state index in [1.165, 1.54) is 7.11 Å². The molecule has 1 N–H and O–H groups in total. The number of carbonyl (C=O) groups is 2. The number of nitrogens with zero attached hydrogens (tertiary/aromatic N) is 3. The third-order valence-corrected chi connectivity index (χ3v) is 3.89. The van der Waals surface area contributed by atoms with Crippen LogP contribution in [0.3, 0.4) is 0 Å². The van der Waals surface area contributed by atoms with Gasteiger partial charge in [-0.05, 0) is 12.1 Å². The van der Waals surface area contributed by atoms with Crippen LogP contribution in [0.4, 0.5) is 0 Å². The first kappa shape index (κ1) is 14.5. The average molecular weight is 302 g/mol. The Kier molecular flexibility index (Phi) is 4.06. The summed E-state index contributed by atoms with van der Waals surface area (Å²) < 4.78 is 6.67. The van der Waals surface area contributed by atoms with Crippen molar-refractivity contribution in [1.29, 1.82) is 0 Å². The second kappa shape index (κ2) is 6.15. The molecule has 0 saturated carbocycles. The predicted octanol–water partition coefficient (Wildman–Crippen LogP) is 0.357. The van der Waals surface area contributed by atoms with E-state index in [2.05, 4.69) is 10.3 Å². The molecular weight excluding hydrogens is 284 g/mol. The molecule has 0 aliphatic carbocycles. The van der Waals surface area contributed by atoms with Crippen LogP contribution in [-0.2, 0) is 21.0 Å². The van der Waals surface area contributed by atoms with Gasteiger partial charge in [-0.1, -0.05) is 12.1 Å². The number of hydrogen-bond acceptors (Lipinski definition) is 5. The molecule has 1 aliphatic heterocycles. The van der Waals surface area contributed by atoms with Gasteiger partial charge in [-0.3, -0.25) is 14.5 Å². The highest BCUT2D eigenvalue weighted by Crippen LogP contribution is 2.16. The number of ether oxygens (including phenoxy) is 1. The molecule has 1 aromatic heterocycles. The fraction of sp³-hybridized carbons (Fsp3) is 0.400. The summed E-state index contributed by atoms with van der Waals surface area (Å²) in [6, 6.07) is 7.31. The van der Waals surface area contributed by atoms with Gasteiger partial charge in [0, 0.05) is 13.1 Å². The van der Waals surface area contributed by atoms with Crippen LogP contribution in [0.5, 0.6) is 0 Å². The quantitative estimate of drug-likeness (QED) is 0.825. The normalized spacial score (nSPS) is 19.1. The molecule has 1 atom stereocenters. The molecule has 116 valence electrons. The maximum absolute atomic E-state index is 12.1. The van der Waals surface area contributed by atoms with Crippen LogP contribution < -0.4 is 5.32 Å². The van der Waals surface area contributed by atoms with Gasteiger partial charge in [0.2, 0.25) is 5.91 Å². The Bertz CT molecular complexity index is 697. The summed E-state index contributed by atoms with van der Waals surface area (Å²) >= 11 is 0. The zero-order valence-corrected chi connectivity index (χ0v) is 12.4. The summed E-state index contributed by atoms with van der Waals surface area (Å²) in [7, 11) is 1.33. The highest BCUT2D eigenvalue weighted by Gasteiger charge is 2.32. The number of para-hydroxylation sites is 2. The number of nitrogens with one attached hydrogen (secondary N) is 1. The van der Waals surface area contributed by atoms with E-state index in [0.717, 1.165) is 11.0 Å². The molecule has 2 aromatic rings. The average Bonchev–Trinajstić information content (AvgIpc) is 2.94. The Hall–Kier alpha value is -2.41. The molecule has 1 saturated heterocycles. The summed E-state index contributed by atoms with van der Waals surface area (Å²) in [6.45, 7) is 1.76. The van der Waals surface area contributed by atoms with E-state index in [9.17, 15) is 9.59 Å². The first-order valence-electron chi connectivity index (χ1n) is 7.17. The molecule has 1 aromatic carbocycles.